The quantitative estimate of drug-likeness (QED) is 0.836. The second-order valence-corrected chi connectivity index (χ2v) is 4.52. The van der Waals surface area contributed by atoms with Crippen molar-refractivity contribution in [2.75, 3.05) is 19.7 Å². The van der Waals surface area contributed by atoms with Crippen LogP contribution >= 0.6 is 0 Å². The first-order valence-corrected chi connectivity index (χ1v) is 5.86. The molecule has 0 bridgehead atoms. The lowest BCUT2D eigenvalue weighted by molar-refractivity contribution is 0.0929. The van der Waals surface area contributed by atoms with E-state index in [2.05, 4.69) is 22.0 Å². The molecule has 2 heterocycles. The average molecular weight is 225 g/mol. The average Bonchev–Trinajstić information content (AvgIpc) is 2.75. The van der Waals surface area contributed by atoms with Crippen LogP contribution < -0.4 is 0 Å². The molecule has 0 aliphatic carbocycles. The molecule has 1 unspecified atom stereocenters. The fourth-order valence-corrected chi connectivity index (χ4v) is 2.16. The highest BCUT2D eigenvalue weighted by Gasteiger charge is 2.25. The molecule has 0 amide bonds. The number of piperidine rings is 1. The number of likely N-dealkylation sites (tertiary alicyclic amines) is 1. The van der Waals surface area contributed by atoms with E-state index in [4.69, 9.17) is 9.63 Å². The Morgan fingerprint density at radius 1 is 1.50 bits per heavy atom. The summed E-state index contributed by atoms with van der Waals surface area (Å²) in [6.07, 6.45) is 2.10. The van der Waals surface area contributed by atoms with Crippen LogP contribution in [-0.2, 0) is 0 Å². The van der Waals surface area contributed by atoms with Gasteiger partial charge in [0.15, 0.2) is 5.82 Å². The Bertz CT molecular complexity index is 332. The number of rotatable bonds is 3. The maximum atomic E-state index is 9.08. The smallest absolute Gasteiger partial charge is 0.243 e. The maximum Gasteiger partial charge on any atom is 0.243 e. The molecule has 0 aromatic carbocycles. The molecule has 0 radical (unpaired) electrons. The number of aliphatic hydroxyl groups excluding tert-OH is 1. The highest BCUT2D eigenvalue weighted by Crippen LogP contribution is 2.25. The summed E-state index contributed by atoms with van der Waals surface area (Å²) in [5.74, 6) is 1.85. The SMILES string of the molecule is Cc1noc(C(C)N2CCC(CO)CC2)n1. The van der Waals surface area contributed by atoms with Gasteiger partial charge < -0.3 is 9.63 Å². The Kier molecular flexibility index (Phi) is 3.56. The summed E-state index contributed by atoms with van der Waals surface area (Å²) in [6.45, 7) is 6.22. The summed E-state index contributed by atoms with van der Waals surface area (Å²) in [6, 6.07) is 0.181. The molecule has 2 rings (SSSR count). The lowest BCUT2D eigenvalue weighted by atomic mass is 9.97. The van der Waals surface area contributed by atoms with Crippen molar-refractivity contribution < 1.29 is 9.63 Å². The van der Waals surface area contributed by atoms with E-state index in [1.54, 1.807) is 0 Å². The zero-order chi connectivity index (χ0) is 11.5. The van der Waals surface area contributed by atoms with Gasteiger partial charge >= 0.3 is 0 Å². The van der Waals surface area contributed by atoms with Crippen molar-refractivity contribution in [2.45, 2.75) is 32.7 Å². The molecule has 5 nitrogen and oxygen atoms in total. The van der Waals surface area contributed by atoms with Gasteiger partial charge in [0.2, 0.25) is 5.89 Å². The van der Waals surface area contributed by atoms with Crippen molar-refractivity contribution in [1.29, 1.82) is 0 Å². The van der Waals surface area contributed by atoms with Crippen LogP contribution in [0.25, 0.3) is 0 Å². The van der Waals surface area contributed by atoms with Gasteiger partial charge in [-0.2, -0.15) is 4.98 Å². The van der Waals surface area contributed by atoms with Gasteiger partial charge in [-0.15, -0.1) is 0 Å². The molecule has 16 heavy (non-hydrogen) atoms. The fourth-order valence-electron chi connectivity index (χ4n) is 2.16. The number of hydrogen-bond donors (Lipinski definition) is 1. The van der Waals surface area contributed by atoms with Crippen molar-refractivity contribution in [3.63, 3.8) is 0 Å². The summed E-state index contributed by atoms with van der Waals surface area (Å²) >= 11 is 0. The normalized spacial score (nSPS) is 21.2. The van der Waals surface area contributed by atoms with Crippen LogP contribution in [0.2, 0.25) is 0 Å². The van der Waals surface area contributed by atoms with Gasteiger partial charge in [-0.25, -0.2) is 0 Å². The Morgan fingerprint density at radius 3 is 2.69 bits per heavy atom. The first kappa shape index (κ1) is 11.5. The number of aryl methyl sites for hydroxylation is 1. The Hall–Kier alpha value is -0.940. The molecule has 90 valence electrons. The lowest BCUT2D eigenvalue weighted by Gasteiger charge is -2.33. The molecule has 1 N–H and O–H groups in total. The van der Waals surface area contributed by atoms with Crippen LogP contribution in [0.3, 0.4) is 0 Å². The van der Waals surface area contributed by atoms with Crippen molar-refractivity contribution in [1.82, 2.24) is 15.0 Å². The zero-order valence-electron chi connectivity index (χ0n) is 9.89. The minimum absolute atomic E-state index is 0.181. The van der Waals surface area contributed by atoms with Crippen LogP contribution in [0.4, 0.5) is 0 Å². The first-order chi connectivity index (χ1) is 7.70. The van der Waals surface area contributed by atoms with Gasteiger partial charge in [-0.1, -0.05) is 5.16 Å². The molecule has 0 saturated carbocycles. The van der Waals surface area contributed by atoms with Gasteiger partial charge in [0.25, 0.3) is 0 Å². The molecular formula is C11H19N3O2. The number of aliphatic hydroxyl groups is 1. The molecule has 1 aliphatic heterocycles. The second-order valence-electron chi connectivity index (χ2n) is 4.52. The van der Waals surface area contributed by atoms with Crippen molar-refractivity contribution in [2.24, 2.45) is 5.92 Å². The summed E-state index contributed by atoms with van der Waals surface area (Å²) in [4.78, 5) is 6.59. The highest BCUT2D eigenvalue weighted by molar-refractivity contribution is 4.91. The number of aromatic nitrogens is 2. The van der Waals surface area contributed by atoms with Crippen LogP contribution in [0, 0.1) is 12.8 Å². The van der Waals surface area contributed by atoms with Gasteiger partial charge in [0.05, 0.1) is 6.04 Å². The van der Waals surface area contributed by atoms with Gasteiger partial charge in [-0.3, -0.25) is 4.90 Å². The summed E-state index contributed by atoms with van der Waals surface area (Å²) in [5, 5.41) is 12.9. The van der Waals surface area contributed by atoms with Gasteiger partial charge in [-0.05, 0) is 45.7 Å². The van der Waals surface area contributed by atoms with Gasteiger partial charge in [0, 0.05) is 6.61 Å². The largest absolute Gasteiger partial charge is 0.396 e. The van der Waals surface area contributed by atoms with Crippen LogP contribution in [0.15, 0.2) is 4.52 Å². The zero-order valence-corrected chi connectivity index (χ0v) is 9.89. The Labute approximate surface area is 95.4 Å². The van der Waals surface area contributed by atoms with Crippen molar-refractivity contribution >= 4 is 0 Å². The molecule has 1 aromatic heterocycles. The van der Waals surface area contributed by atoms with Crippen LogP contribution in [-0.4, -0.2) is 39.8 Å². The topological polar surface area (TPSA) is 62.4 Å². The van der Waals surface area contributed by atoms with E-state index in [9.17, 15) is 0 Å². The third-order valence-corrected chi connectivity index (χ3v) is 3.36. The van der Waals surface area contributed by atoms with Crippen molar-refractivity contribution in [3.8, 4) is 0 Å². The van der Waals surface area contributed by atoms with Crippen LogP contribution in [0.1, 0.15) is 37.5 Å². The van der Waals surface area contributed by atoms with Crippen molar-refractivity contribution in [3.05, 3.63) is 11.7 Å². The minimum Gasteiger partial charge on any atom is -0.396 e. The lowest BCUT2D eigenvalue weighted by Crippen LogP contribution is -2.36. The highest BCUT2D eigenvalue weighted by atomic mass is 16.5. The molecular weight excluding hydrogens is 206 g/mol. The van der Waals surface area contributed by atoms with E-state index < -0.39 is 0 Å². The fraction of sp³-hybridized carbons (Fsp3) is 0.818. The summed E-state index contributed by atoms with van der Waals surface area (Å²) in [5.41, 5.74) is 0. The third-order valence-electron chi connectivity index (χ3n) is 3.36. The van der Waals surface area contributed by atoms with E-state index in [1.165, 1.54) is 0 Å². The standard InChI is InChI=1S/C11H19N3O2/c1-8(11-12-9(2)13-16-11)14-5-3-10(7-15)4-6-14/h8,10,15H,3-7H2,1-2H3. The molecule has 0 spiro atoms. The molecule has 1 aromatic rings. The van der Waals surface area contributed by atoms with E-state index in [-0.39, 0.29) is 6.04 Å². The second kappa shape index (κ2) is 4.93. The third kappa shape index (κ3) is 2.41. The molecule has 5 heteroatoms. The monoisotopic (exact) mass is 225 g/mol. The molecule has 1 aliphatic rings. The predicted octanol–water partition coefficient (Wildman–Crippen LogP) is 1.14. The minimum atomic E-state index is 0.181. The Morgan fingerprint density at radius 2 is 2.19 bits per heavy atom. The van der Waals surface area contributed by atoms with Crippen LogP contribution in [0.5, 0.6) is 0 Å². The summed E-state index contributed by atoms with van der Waals surface area (Å²) < 4.78 is 5.18. The van der Waals surface area contributed by atoms with E-state index in [0.717, 1.165) is 25.9 Å². The maximum absolute atomic E-state index is 9.08. The molecule has 1 atom stereocenters. The molecule has 1 saturated heterocycles. The number of hydrogen-bond acceptors (Lipinski definition) is 5. The van der Waals surface area contributed by atoms with E-state index in [1.807, 2.05) is 6.92 Å². The van der Waals surface area contributed by atoms with E-state index >= 15 is 0 Å². The number of nitrogens with zero attached hydrogens (tertiary/aromatic N) is 3. The summed E-state index contributed by atoms with van der Waals surface area (Å²) in [7, 11) is 0. The van der Waals surface area contributed by atoms with E-state index in [0.29, 0.717) is 24.2 Å². The predicted molar refractivity (Wildman–Crippen MR) is 58.8 cm³/mol. The molecule has 1 fully saturated rings. The first-order valence-electron chi connectivity index (χ1n) is 5.86. The Balaban J connectivity index is 1.93. The van der Waals surface area contributed by atoms with Gasteiger partial charge in [0.1, 0.15) is 0 Å².